The Labute approximate surface area is 72.1 Å². The molecule has 2 rings (SSSR count). The van der Waals surface area contributed by atoms with Crippen molar-refractivity contribution in [3.05, 3.63) is 29.8 Å². The molecule has 3 heteroatoms. The summed E-state index contributed by atoms with van der Waals surface area (Å²) in [6, 6.07) is 8.29. The molecule has 1 aliphatic heterocycles. The fourth-order valence-electron chi connectivity index (χ4n) is 1.30. The van der Waals surface area contributed by atoms with Crippen LogP contribution < -0.4 is 16.2 Å². The third kappa shape index (κ3) is 1.29. The molecule has 3 N–H and O–H groups in total. The van der Waals surface area contributed by atoms with Crippen molar-refractivity contribution in [1.82, 2.24) is 5.43 Å². The Balaban J connectivity index is 2.19. The molecule has 1 aliphatic rings. The minimum Gasteiger partial charge on any atom is -0.326 e. The van der Waals surface area contributed by atoms with Gasteiger partial charge >= 0.3 is 0 Å². The van der Waals surface area contributed by atoms with Gasteiger partial charge in [-0.25, -0.2) is 5.43 Å². The van der Waals surface area contributed by atoms with E-state index in [-0.39, 0.29) is 0 Å². The lowest BCUT2D eigenvalue weighted by molar-refractivity contribution is 0.515. The maximum atomic E-state index is 5.54. The summed E-state index contributed by atoms with van der Waals surface area (Å²) >= 11 is 0. The van der Waals surface area contributed by atoms with Crippen LogP contribution in [0.15, 0.2) is 24.3 Å². The first-order chi connectivity index (χ1) is 5.90. The molecule has 12 heavy (non-hydrogen) atoms. The highest BCUT2D eigenvalue weighted by Gasteiger charge is 2.12. The molecule has 0 radical (unpaired) electrons. The van der Waals surface area contributed by atoms with Gasteiger partial charge in [0.15, 0.2) is 0 Å². The molecule has 0 saturated carbocycles. The Hall–Kier alpha value is -1.06. The molecule has 0 amide bonds. The summed E-state index contributed by atoms with van der Waals surface area (Å²) in [4.78, 5) is 0. The van der Waals surface area contributed by atoms with Gasteiger partial charge in [0.05, 0.1) is 5.69 Å². The van der Waals surface area contributed by atoms with Crippen molar-refractivity contribution in [2.24, 2.45) is 5.73 Å². The van der Waals surface area contributed by atoms with Crippen LogP contribution in [0.25, 0.3) is 0 Å². The average Bonchev–Trinajstić information content (AvgIpc) is 2.02. The van der Waals surface area contributed by atoms with E-state index in [1.807, 2.05) is 12.1 Å². The van der Waals surface area contributed by atoms with E-state index in [9.17, 15) is 0 Å². The van der Waals surface area contributed by atoms with Crippen LogP contribution in [-0.2, 0) is 6.54 Å². The molecule has 64 valence electrons. The molecule has 0 spiro atoms. The van der Waals surface area contributed by atoms with Crippen LogP contribution in [0.1, 0.15) is 5.56 Å². The van der Waals surface area contributed by atoms with E-state index in [2.05, 4.69) is 22.6 Å². The SMILES string of the molecule is NCc1cccc(N2CCN2)c1. The molecule has 0 aromatic heterocycles. The zero-order valence-electron chi connectivity index (χ0n) is 6.96. The Morgan fingerprint density at radius 1 is 1.50 bits per heavy atom. The van der Waals surface area contributed by atoms with Crippen molar-refractivity contribution < 1.29 is 0 Å². The number of hydrazine groups is 1. The maximum Gasteiger partial charge on any atom is 0.0523 e. The maximum absolute atomic E-state index is 5.54. The van der Waals surface area contributed by atoms with E-state index in [4.69, 9.17) is 5.73 Å². The first kappa shape index (κ1) is 7.58. The minimum absolute atomic E-state index is 0.613. The summed E-state index contributed by atoms with van der Waals surface area (Å²) in [5, 5.41) is 2.12. The summed E-state index contributed by atoms with van der Waals surface area (Å²) < 4.78 is 0. The summed E-state index contributed by atoms with van der Waals surface area (Å²) in [6.07, 6.45) is 0. The third-order valence-electron chi connectivity index (χ3n) is 2.10. The number of rotatable bonds is 2. The molecule has 1 aromatic rings. The molecule has 0 unspecified atom stereocenters. The van der Waals surface area contributed by atoms with E-state index in [1.165, 1.54) is 11.3 Å². The van der Waals surface area contributed by atoms with Gasteiger partial charge in [-0.2, -0.15) is 0 Å². The third-order valence-corrected chi connectivity index (χ3v) is 2.10. The average molecular weight is 163 g/mol. The van der Waals surface area contributed by atoms with Gasteiger partial charge in [-0.1, -0.05) is 12.1 Å². The molecule has 1 heterocycles. The highest BCUT2D eigenvalue weighted by Crippen LogP contribution is 2.16. The topological polar surface area (TPSA) is 41.3 Å². The molecule has 0 atom stereocenters. The summed E-state index contributed by atoms with van der Waals surface area (Å²) in [6.45, 7) is 2.78. The van der Waals surface area contributed by atoms with Gasteiger partial charge in [0.2, 0.25) is 0 Å². The Bertz CT molecular complexity index is 268. The van der Waals surface area contributed by atoms with Gasteiger partial charge in [0.25, 0.3) is 0 Å². The number of nitrogens with two attached hydrogens (primary N) is 1. The monoisotopic (exact) mass is 163 g/mol. The molecule has 3 nitrogen and oxygen atoms in total. The van der Waals surface area contributed by atoms with E-state index < -0.39 is 0 Å². The largest absolute Gasteiger partial charge is 0.326 e. The normalized spacial score (nSPS) is 15.9. The number of hydrogen-bond donors (Lipinski definition) is 2. The van der Waals surface area contributed by atoms with Gasteiger partial charge < -0.3 is 10.7 Å². The first-order valence-corrected chi connectivity index (χ1v) is 4.20. The summed E-state index contributed by atoms with van der Waals surface area (Å²) in [7, 11) is 0. The molecule has 1 aromatic carbocycles. The fourth-order valence-corrected chi connectivity index (χ4v) is 1.30. The van der Waals surface area contributed by atoms with E-state index in [0.717, 1.165) is 13.1 Å². The summed E-state index contributed by atoms with van der Waals surface area (Å²) in [5.41, 5.74) is 11.1. The van der Waals surface area contributed by atoms with Crippen LogP contribution >= 0.6 is 0 Å². The smallest absolute Gasteiger partial charge is 0.0523 e. The van der Waals surface area contributed by atoms with Crippen LogP contribution in [0.2, 0.25) is 0 Å². The van der Waals surface area contributed by atoms with Gasteiger partial charge in [0.1, 0.15) is 0 Å². The van der Waals surface area contributed by atoms with Crippen molar-refractivity contribution in [2.75, 3.05) is 18.1 Å². The van der Waals surface area contributed by atoms with Crippen LogP contribution in [0, 0.1) is 0 Å². The Morgan fingerprint density at radius 2 is 2.33 bits per heavy atom. The van der Waals surface area contributed by atoms with E-state index in [0.29, 0.717) is 6.54 Å². The van der Waals surface area contributed by atoms with Crippen LogP contribution in [0.3, 0.4) is 0 Å². The fraction of sp³-hybridized carbons (Fsp3) is 0.333. The van der Waals surface area contributed by atoms with Gasteiger partial charge in [0, 0.05) is 19.6 Å². The van der Waals surface area contributed by atoms with Crippen LogP contribution in [0.4, 0.5) is 5.69 Å². The second-order valence-electron chi connectivity index (χ2n) is 2.93. The number of benzene rings is 1. The molecular weight excluding hydrogens is 150 g/mol. The lowest BCUT2D eigenvalue weighted by Gasteiger charge is -2.34. The highest BCUT2D eigenvalue weighted by atomic mass is 15.6. The highest BCUT2D eigenvalue weighted by molar-refractivity contribution is 5.48. The van der Waals surface area contributed by atoms with Crippen molar-refractivity contribution in [1.29, 1.82) is 0 Å². The molecule has 1 saturated heterocycles. The Kier molecular flexibility index (Phi) is 1.98. The number of anilines is 1. The van der Waals surface area contributed by atoms with Crippen molar-refractivity contribution in [3.8, 4) is 0 Å². The van der Waals surface area contributed by atoms with Gasteiger partial charge in [-0.3, -0.25) is 0 Å². The molecule has 0 aliphatic carbocycles. The Morgan fingerprint density at radius 3 is 2.92 bits per heavy atom. The number of nitrogens with zero attached hydrogens (tertiary/aromatic N) is 1. The quantitative estimate of drug-likeness (QED) is 0.666. The van der Waals surface area contributed by atoms with Crippen molar-refractivity contribution in [3.63, 3.8) is 0 Å². The van der Waals surface area contributed by atoms with E-state index >= 15 is 0 Å². The van der Waals surface area contributed by atoms with Crippen LogP contribution in [0.5, 0.6) is 0 Å². The molecule has 1 fully saturated rings. The predicted molar refractivity (Wildman–Crippen MR) is 49.7 cm³/mol. The van der Waals surface area contributed by atoms with Crippen molar-refractivity contribution >= 4 is 5.69 Å². The number of nitrogens with one attached hydrogen (secondary N) is 1. The van der Waals surface area contributed by atoms with Gasteiger partial charge in [-0.05, 0) is 17.7 Å². The lowest BCUT2D eigenvalue weighted by atomic mass is 10.2. The van der Waals surface area contributed by atoms with Gasteiger partial charge in [-0.15, -0.1) is 0 Å². The second kappa shape index (κ2) is 3.13. The van der Waals surface area contributed by atoms with Crippen LogP contribution in [-0.4, -0.2) is 13.1 Å². The lowest BCUT2D eigenvalue weighted by Crippen LogP contribution is -2.54. The van der Waals surface area contributed by atoms with E-state index in [1.54, 1.807) is 0 Å². The predicted octanol–water partition coefficient (Wildman–Crippen LogP) is 0.470. The zero-order valence-corrected chi connectivity index (χ0v) is 6.96. The standard InChI is InChI=1S/C9H13N3/c10-7-8-2-1-3-9(6-8)12-5-4-11-12/h1-3,6,11H,4-5,7,10H2. The first-order valence-electron chi connectivity index (χ1n) is 4.20. The number of hydrogen-bond acceptors (Lipinski definition) is 3. The summed E-state index contributed by atoms with van der Waals surface area (Å²) in [5.74, 6) is 0. The zero-order chi connectivity index (χ0) is 8.39. The van der Waals surface area contributed by atoms with Crippen molar-refractivity contribution in [2.45, 2.75) is 6.54 Å². The molecule has 0 bridgehead atoms. The molecular formula is C9H13N3. The minimum atomic E-state index is 0.613. The second-order valence-corrected chi connectivity index (χ2v) is 2.93.